The van der Waals surface area contributed by atoms with Gasteiger partial charge in [-0.25, -0.2) is 4.39 Å². The summed E-state index contributed by atoms with van der Waals surface area (Å²) in [6, 6.07) is 10.1. The van der Waals surface area contributed by atoms with Gasteiger partial charge in [-0.3, -0.25) is 14.3 Å². The zero-order valence-electron chi connectivity index (χ0n) is 18.0. The summed E-state index contributed by atoms with van der Waals surface area (Å²) in [7, 11) is 0. The van der Waals surface area contributed by atoms with E-state index in [2.05, 4.69) is 10.3 Å². The highest BCUT2D eigenvalue weighted by Gasteiger charge is 2.35. The Morgan fingerprint density at radius 3 is 2.66 bits per heavy atom. The van der Waals surface area contributed by atoms with E-state index in [0.717, 1.165) is 36.1 Å². The predicted molar refractivity (Wildman–Crippen MR) is 117 cm³/mol. The van der Waals surface area contributed by atoms with E-state index in [-0.39, 0.29) is 29.6 Å². The lowest BCUT2D eigenvalue weighted by Crippen LogP contribution is -2.41. The number of halogens is 1. The summed E-state index contributed by atoms with van der Waals surface area (Å²) in [4.78, 5) is 30.8. The average Bonchev–Trinajstić information content (AvgIpc) is 3.40. The van der Waals surface area contributed by atoms with Gasteiger partial charge in [-0.1, -0.05) is 19.1 Å². The van der Waals surface area contributed by atoms with Gasteiger partial charge < -0.3 is 15.2 Å². The second kappa shape index (κ2) is 8.26. The molecular weight excluding hydrogens is 409 g/mol. The van der Waals surface area contributed by atoms with Crippen molar-refractivity contribution < 1.29 is 14.0 Å². The van der Waals surface area contributed by atoms with E-state index < -0.39 is 0 Å². The maximum absolute atomic E-state index is 13.4. The minimum Gasteiger partial charge on any atom is -0.357 e. The van der Waals surface area contributed by atoms with Crippen molar-refractivity contribution in [1.29, 1.82) is 0 Å². The third-order valence-corrected chi connectivity index (χ3v) is 6.42. The molecule has 1 unspecified atom stereocenters. The number of fused-ring (bicyclic) bond motifs is 1. The fourth-order valence-electron chi connectivity index (χ4n) is 4.55. The van der Waals surface area contributed by atoms with Crippen molar-refractivity contribution in [3.8, 4) is 0 Å². The molecule has 0 spiro atoms. The molecule has 1 aliphatic heterocycles. The van der Waals surface area contributed by atoms with Crippen LogP contribution in [0, 0.1) is 5.82 Å². The van der Waals surface area contributed by atoms with Crippen molar-refractivity contribution in [3.63, 3.8) is 0 Å². The zero-order valence-corrected chi connectivity index (χ0v) is 18.0. The van der Waals surface area contributed by atoms with Crippen LogP contribution < -0.4 is 5.32 Å². The Morgan fingerprint density at radius 2 is 2.00 bits per heavy atom. The largest absolute Gasteiger partial charge is 0.357 e. The lowest BCUT2D eigenvalue weighted by Gasteiger charge is -2.32. The molecule has 5 rings (SSSR count). The Morgan fingerprint density at radius 1 is 1.22 bits per heavy atom. The lowest BCUT2D eigenvalue weighted by atomic mass is 9.92. The molecule has 3 heterocycles. The Hall–Kier alpha value is -3.42. The first-order valence-electron chi connectivity index (χ1n) is 11.1. The highest BCUT2D eigenvalue weighted by molar-refractivity contribution is 5.95. The van der Waals surface area contributed by atoms with Gasteiger partial charge in [0, 0.05) is 36.0 Å². The molecule has 0 saturated heterocycles. The fourth-order valence-corrected chi connectivity index (χ4v) is 4.55. The van der Waals surface area contributed by atoms with E-state index in [1.165, 1.54) is 12.1 Å². The molecule has 2 aromatic heterocycles. The van der Waals surface area contributed by atoms with Crippen LogP contribution in [0.25, 0.3) is 0 Å². The molecule has 32 heavy (non-hydrogen) atoms. The number of benzene rings is 1. The fraction of sp³-hybridized carbons (Fsp3) is 0.375. The van der Waals surface area contributed by atoms with Crippen LogP contribution in [0.4, 0.5) is 4.39 Å². The molecule has 1 aliphatic carbocycles. The van der Waals surface area contributed by atoms with E-state index in [1.54, 1.807) is 35.4 Å². The number of carbonyl (C=O) groups is 2. The zero-order chi connectivity index (χ0) is 22.2. The molecule has 1 aromatic carbocycles. The van der Waals surface area contributed by atoms with E-state index in [1.807, 2.05) is 11.6 Å². The average molecular weight is 436 g/mol. The second-order valence-electron chi connectivity index (χ2n) is 8.77. The van der Waals surface area contributed by atoms with Gasteiger partial charge in [0.2, 0.25) is 0 Å². The Balaban J connectivity index is 1.49. The summed E-state index contributed by atoms with van der Waals surface area (Å²) < 4.78 is 15.2. The van der Waals surface area contributed by atoms with Crippen LogP contribution in [0.2, 0.25) is 0 Å². The lowest BCUT2D eigenvalue weighted by molar-refractivity contribution is 0.0710. The molecule has 7 nitrogen and oxygen atoms in total. The van der Waals surface area contributed by atoms with Gasteiger partial charge in [-0.2, -0.15) is 5.10 Å². The minimum atomic E-state index is -0.288. The molecule has 0 bridgehead atoms. The van der Waals surface area contributed by atoms with Gasteiger partial charge in [0.25, 0.3) is 11.8 Å². The van der Waals surface area contributed by atoms with Crippen LogP contribution in [0.1, 0.15) is 69.9 Å². The molecule has 8 heteroatoms. The van der Waals surface area contributed by atoms with Crippen molar-refractivity contribution in [2.75, 3.05) is 6.54 Å². The highest BCUT2D eigenvalue weighted by Crippen LogP contribution is 2.32. The number of aromatic nitrogens is 3. The van der Waals surface area contributed by atoms with Crippen molar-refractivity contribution in [3.05, 3.63) is 76.6 Å². The van der Waals surface area contributed by atoms with E-state index in [4.69, 9.17) is 5.10 Å². The summed E-state index contributed by atoms with van der Waals surface area (Å²) in [5.41, 5.74) is 3.57. The van der Waals surface area contributed by atoms with Crippen LogP contribution in [-0.2, 0) is 13.1 Å². The SMILES string of the molecule is CC1CN(C(=O)c2ccc[nH]2)Cc2c(C(=O)NC3CCC3)nn(Cc3ccc(F)cc3)c21. The first-order valence-corrected chi connectivity index (χ1v) is 11.1. The van der Waals surface area contributed by atoms with Gasteiger partial charge >= 0.3 is 0 Å². The number of carbonyl (C=O) groups excluding carboxylic acids is 2. The summed E-state index contributed by atoms with van der Waals surface area (Å²) >= 11 is 0. The molecule has 2 amide bonds. The van der Waals surface area contributed by atoms with Gasteiger partial charge in [0.15, 0.2) is 5.69 Å². The summed E-state index contributed by atoms with van der Waals surface area (Å²) in [6.07, 6.45) is 4.82. The Bertz CT molecular complexity index is 1130. The van der Waals surface area contributed by atoms with Gasteiger partial charge in [-0.05, 0) is 49.1 Å². The number of rotatable bonds is 5. The number of hydrogen-bond donors (Lipinski definition) is 2. The number of nitrogens with one attached hydrogen (secondary N) is 2. The highest BCUT2D eigenvalue weighted by atomic mass is 19.1. The number of H-pyrrole nitrogens is 1. The minimum absolute atomic E-state index is 0.00383. The maximum atomic E-state index is 13.4. The molecule has 1 atom stereocenters. The maximum Gasteiger partial charge on any atom is 0.272 e. The number of amides is 2. The molecule has 1 saturated carbocycles. The molecular formula is C24H26FN5O2. The molecule has 2 N–H and O–H groups in total. The molecule has 2 aliphatic rings. The molecule has 1 fully saturated rings. The van der Waals surface area contributed by atoms with Crippen LogP contribution >= 0.6 is 0 Å². The van der Waals surface area contributed by atoms with Crippen molar-refractivity contribution in [2.24, 2.45) is 0 Å². The number of nitrogens with zero attached hydrogens (tertiary/aromatic N) is 3. The monoisotopic (exact) mass is 435 g/mol. The Kier molecular flexibility index (Phi) is 5.28. The van der Waals surface area contributed by atoms with Crippen molar-refractivity contribution in [1.82, 2.24) is 25.0 Å². The van der Waals surface area contributed by atoms with E-state index in [0.29, 0.717) is 31.0 Å². The molecule has 3 aromatic rings. The first kappa shape index (κ1) is 20.5. The van der Waals surface area contributed by atoms with Gasteiger partial charge in [0.05, 0.1) is 13.1 Å². The first-order chi connectivity index (χ1) is 15.5. The van der Waals surface area contributed by atoms with E-state index >= 15 is 0 Å². The smallest absolute Gasteiger partial charge is 0.272 e. The number of aromatic amines is 1. The van der Waals surface area contributed by atoms with Gasteiger partial charge in [-0.15, -0.1) is 0 Å². The second-order valence-corrected chi connectivity index (χ2v) is 8.77. The van der Waals surface area contributed by atoms with Gasteiger partial charge in [0.1, 0.15) is 11.5 Å². The topological polar surface area (TPSA) is 83.0 Å². The Labute approximate surface area is 185 Å². The number of hydrogen-bond acceptors (Lipinski definition) is 3. The normalized spacial score (nSPS) is 18.2. The third kappa shape index (κ3) is 3.81. The summed E-state index contributed by atoms with van der Waals surface area (Å²) in [6.45, 7) is 3.34. The van der Waals surface area contributed by atoms with Crippen LogP contribution in [0.15, 0.2) is 42.6 Å². The standard InChI is InChI=1S/C24H26FN5O2/c1-15-12-29(24(32)20-6-3-11-26-20)14-19-21(23(31)27-18-4-2-5-18)28-30(22(15)19)13-16-7-9-17(25)10-8-16/h3,6-11,15,18,26H,2,4-5,12-14H2,1H3,(H,27,31). The van der Waals surface area contributed by atoms with Crippen LogP contribution in [0.5, 0.6) is 0 Å². The predicted octanol–water partition coefficient (Wildman–Crippen LogP) is 3.44. The summed E-state index contributed by atoms with van der Waals surface area (Å²) in [5.74, 6) is -0.575. The summed E-state index contributed by atoms with van der Waals surface area (Å²) in [5, 5.41) is 7.77. The quantitative estimate of drug-likeness (QED) is 0.644. The van der Waals surface area contributed by atoms with E-state index in [9.17, 15) is 14.0 Å². The van der Waals surface area contributed by atoms with Crippen molar-refractivity contribution in [2.45, 2.75) is 51.2 Å². The molecule has 166 valence electrons. The van der Waals surface area contributed by atoms with Crippen LogP contribution in [0.3, 0.4) is 0 Å². The van der Waals surface area contributed by atoms with Crippen LogP contribution in [-0.4, -0.2) is 44.1 Å². The third-order valence-electron chi connectivity index (χ3n) is 6.42. The molecule has 0 radical (unpaired) electrons. The van der Waals surface area contributed by atoms with Crippen molar-refractivity contribution >= 4 is 11.8 Å².